The van der Waals surface area contributed by atoms with Gasteiger partial charge in [-0.25, -0.2) is 4.79 Å². The van der Waals surface area contributed by atoms with Crippen molar-refractivity contribution in [3.8, 4) is 6.07 Å². The second-order valence-corrected chi connectivity index (χ2v) is 14.5. The van der Waals surface area contributed by atoms with Crippen LogP contribution in [-0.2, 0) is 14.3 Å². The molecule has 0 saturated heterocycles. The Kier molecular flexibility index (Phi) is 7.03. The lowest BCUT2D eigenvalue weighted by Crippen LogP contribution is -2.56. The predicted molar refractivity (Wildman–Crippen MR) is 107 cm³/mol. The van der Waals surface area contributed by atoms with Crippen LogP contribution in [0.15, 0.2) is 10.8 Å². The number of allylic oxidation sites excluding steroid dienone is 2. The van der Waals surface area contributed by atoms with Gasteiger partial charge in [0.05, 0.1) is 20.7 Å². The first-order chi connectivity index (χ1) is 11.9. The molecule has 0 aliphatic heterocycles. The van der Waals surface area contributed by atoms with Gasteiger partial charge in [0.15, 0.2) is 5.78 Å². The van der Waals surface area contributed by atoms with Gasteiger partial charge >= 0.3 is 5.97 Å². The fourth-order valence-electron chi connectivity index (χ4n) is 5.32. The van der Waals surface area contributed by atoms with Crippen LogP contribution < -0.4 is 0 Å². The van der Waals surface area contributed by atoms with Crippen LogP contribution in [0.3, 0.4) is 0 Å². The molecule has 26 heavy (non-hydrogen) atoms. The second kappa shape index (κ2) is 8.08. The normalized spacial score (nSPS) is 24.4. The molecular weight excluding hydrogens is 342 g/mol. The van der Waals surface area contributed by atoms with Crippen LogP contribution in [0.1, 0.15) is 68.7 Å². The number of Topliss-reactive ketones (excluding diaryl/α,β-unsaturated/α-hetero) is 1. The quantitative estimate of drug-likeness (QED) is 0.362. The van der Waals surface area contributed by atoms with Crippen LogP contribution in [0.25, 0.3) is 0 Å². The van der Waals surface area contributed by atoms with Crippen LogP contribution in [0.5, 0.6) is 0 Å². The Morgan fingerprint density at radius 1 is 1.23 bits per heavy atom. The van der Waals surface area contributed by atoms with Gasteiger partial charge < -0.3 is 4.74 Å². The highest BCUT2D eigenvalue weighted by Gasteiger charge is 2.59. The van der Waals surface area contributed by atoms with Gasteiger partial charge in [0.1, 0.15) is 0 Å². The van der Waals surface area contributed by atoms with E-state index in [1.807, 2.05) is 13.8 Å². The first kappa shape index (κ1) is 22.6. The van der Waals surface area contributed by atoms with Gasteiger partial charge in [0, 0.05) is 0 Å². The van der Waals surface area contributed by atoms with Crippen LogP contribution in [0.2, 0.25) is 16.6 Å². The summed E-state index contributed by atoms with van der Waals surface area (Å²) in [4.78, 5) is 26.5. The Labute approximate surface area is 160 Å². The molecule has 1 aliphatic rings. The standard InChI is InChI=1S/C21H35NO3Si/c1-10-25-20(24)21(12-22)11-16(8)17(9)18(19(21)23)26(13(2)3,14(4)5)15(6)7/h13-16H,10-11H2,1-9H3/t16-,21-/m1/s1. The lowest BCUT2D eigenvalue weighted by Gasteiger charge is -2.49. The fourth-order valence-corrected chi connectivity index (χ4v) is 12.6. The number of carbonyl (C=O) groups is 2. The summed E-state index contributed by atoms with van der Waals surface area (Å²) in [5.74, 6) is -0.949. The molecule has 0 aromatic rings. The number of ether oxygens (including phenoxy) is 1. The summed E-state index contributed by atoms with van der Waals surface area (Å²) >= 11 is 0. The average molecular weight is 378 g/mol. The summed E-state index contributed by atoms with van der Waals surface area (Å²) < 4.78 is 5.18. The van der Waals surface area contributed by atoms with Crippen molar-refractivity contribution in [2.24, 2.45) is 11.3 Å². The maximum atomic E-state index is 13.8. The van der Waals surface area contributed by atoms with E-state index in [0.29, 0.717) is 16.6 Å². The molecule has 2 atom stereocenters. The van der Waals surface area contributed by atoms with Gasteiger partial charge in [-0.3, -0.25) is 4.79 Å². The third kappa shape index (κ3) is 3.17. The number of esters is 1. The van der Waals surface area contributed by atoms with Gasteiger partial charge in [-0.15, -0.1) is 0 Å². The van der Waals surface area contributed by atoms with Crippen LogP contribution in [0, 0.1) is 22.7 Å². The number of hydrogen-bond acceptors (Lipinski definition) is 4. The summed E-state index contributed by atoms with van der Waals surface area (Å²) in [6, 6.07) is 2.09. The summed E-state index contributed by atoms with van der Waals surface area (Å²) in [7, 11) is -2.30. The molecule has 5 heteroatoms. The van der Waals surface area contributed by atoms with Crippen molar-refractivity contribution in [3.63, 3.8) is 0 Å². The van der Waals surface area contributed by atoms with Crippen molar-refractivity contribution in [1.82, 2.24) is 0 Å². The average Bonchev–Trinajstić information content (AvgIpc) is 2.53. The summed E-state index contributed by atoms with van der Waals surface area (Å²) in [6.07, 6.45) is 0.218. The number of nitrogens with zero attached hydrogens (tertiary/aromatic N) is 1. The topological polar surface area (TPSA) is 67.2 Å². The van der Waals surface area contributed by atoms with Gasteiger partial charge in [-0.05, 0) is 48.0 Å². The molecule has 0 radical (unpaired) electrons. The molecule has 1 aliphatic carbocycles. The Morgan fingerprint density at radius 2 is 1.69 bits per heavy atom. The van der Waals surface area contributed by atoms with Gasteiger partial charge in [-0.1, -0.05) is 54.0 Å². The van der Waals surface area contributed by atoms with E-state index in [-0.39, 0.29) is 24.7 Å². The highest BCUT2D eigenvalue weighted by molar-refractivity contribution is 6.93. The van der Waals surface area contributed by atoms with E-state index in [2.05, 4.69) is 47.6 Å². The number of nitriles is 1. The smallest absolute Gasteiger partial charge is 0.334 e. The van der Waals surface area contributed by atoms with Crippen molar-refractivity contribution in [3.05, 3.63) is 10.8 Å². The highest BCUT2D eigenvalue weighted by atomic mass is 28.3. The Bertz CT molecular complexity index is 620. The maximum Gasteiger partial charge on any atom is 0.334 e. The molecule has 4 nitrogen and oxygen atoms in total. The minimum Gasteiger partial charge on any atom is -0.464 e. The first-order valence-corrected chi connectivity index (χ1v) is 12.0. The molecule has 0 unspecified atom stereocenters. The van der Waals surface area contributed by atoms with Crippen molar-refractivity contribution in [1.29, 1.82) is 5.26 Å². The second-order valence-electron chi connectivity index (χ2n) is 8.63. The van der Waals surface area contributed by atoms with Gasteiger partial charge in [-0.2, -0.15) is 5.26 Å². The lowest BCUT2D eigenvalue weighted by molar-refractivity contribution is -0.156. The number of hydrogen-bond donors (Lipinski definition) is 0. The molecule has 0 aromatic carbocycles. The van der Waals surface area contributed by atoms with Crippen LogP contribution >= 0.6 is 0 Å². The maximum absolute atomic E-state index is 13.8. The minimum atomic E-state index is -2.30. The molecule has 146 valence electrons. The van der Waals surface area contributed by atoms with E-state index in [1.165, 1.54) is 0 Å². The number of rotatable bonds is 6. The summed E-state index contributed by atoms with van der Waals surface area (Å²) in [5.41, 5.74) is 0.384. The van der Waals surface area contributed by atoms with Gasteiger partial charge in [0.25, 0.3) is 0 Å². The Morgan fingerprint density at radius 3 is 2.04 bits per heavy atom. The Hall–Kier alpha value is -1.41. The zero-order chi connectivity index (χ0) is 20.4. The van der Waals surface area contributed by atoms with Crippen molar-refractivity contribution in [2.75, 3.05) is 6.61 Å². The van der Waals surface area contributed by atoms with Crippen LogP contribution in [0.4, 0.5) is 0 Å². The first-order valence-electron chi connectivity index (χ1n) is 9.79. The molecule has 1 rings (SSSR count). The highest BCUT2D eigenvalue weighted by Crippen LogP contribution is 2.53. The van der Waals surface area contributed by atoms with Crippen LogP contribution in [-0.4, -0.2) is 26.4 Å². The van der Waals surface area contributed by atoms with E-state index in [0.717, 1.165) is 10.8 Å². The third-order valence-electron chi connectivity index (χ3n) is 6.47. The van der Waals surface area contributed by atoms with E-state index in [4.69, 9.17) is 4.74 Å². The monoisotopic (exact) mass is 377 g/mol. The molecular formula is C21H35NO3Si. The molecule has 0 fully saturated rings. The minimum absolute atomic E-state index is 0.00915. The molecule has 0 amide bonds. The molecule has 0 saturated carbocycles. The van der Waals surface area contributed by atoms with Crippen molar-refractivity contribution < 1.29 is 14.3 Å². The largest absolute Gasteiger partial charge is 0.464 e. The summed E-state index contributed by atoms with van der Waals surface area (Å²) in [6.45, 7) is 19.1. The Balaban J connectivity index is 3.82. The zero-order valence-corrected chi connectivity index (χ0v) is 18.9. The van der Waals surface area contributed by atoms with E-state index in [9.17, 15) is 14.9 Å². The lowest BCUT2D eigenvalue weighted by atomic mass is 9.70. The van der Waals surface area contributed by atoms with Gasteiger partial charge in [0.2, 0.25) is 5.41 Å². The van der Waals surface area contributed by atoms with E-state index < -0.39 is 19.5 Å². The third-order valence-corrected chi connectivity index (χ3v) is 13.7. The van der Waals surface area contributed by atoms with Crippen molar-refractivity contribution in [2.45, 2.75) is 85.4 Å². The summed E-state index contributed by atoms with van der Waals surface area (Å²) in [5, 5.41) is 10.8. The molecule has 0 N–H and O–H groups in total. The molecule has 0 bridgehead atoms. The van der Waals surface area contributed by atoms with Crippen molar-refractivity contribution >= 4 is 19.8 Å². The predicted octanol–water partition coefficient (Wildman–Crippen LogP) is 5.20. The van der Waals surface area contributed by atoms with E-state index >= 15 is 0 Å². The fraction of sp³-hybridized carbons (Fsp3) is 0.762. The molecule has 0 spiro atoms. The zero-order valence-electron chi connectivity index (χ0n) is 17.9. The number of carbonyl (C=O) groups excluding carboxylic acids is 2. The molecule has 0 heterocycles. The number of ketones is 1. The van der Waals surface area contributed by atoms with E-state index in [1.54, 1.807) is 6.92 Å². The molecule has 0 aromatic heterocycles. The SMILES string of the molecule is CCOC(=O)[C@@]1(C#N)C[C@@H](C)C(C)=C([Si](C(C)C)(C(C)C)C(C)C)C1=O.